The summed E-state index contributed by atoms with van der Waals surface area (Å²) in [5, 5.41) is 2.29. The van der Waals surface area contributed by atoms with Crippen LogP contribution in [0, 0.1) is 19.8 Å². The maximum absolute atomic E-state index is 12.8. The zero-order valence-electron chi connectivity index (χ0n) is 14.0. The van der Waals surface area contributed by atoms with Crippen LogP contribution in [-0.4, -0.2) is 53.4 Å². The third-order valence-corrected chi connectivity index (χ3v) is 7.92. The molecule has 7 nitrogen and oxygen atoms in total. The molecule has 2 aliphatic rings. The molecule has 0 N–H and O–H groups in total. The predicted molar refractivity (Wildman–Crippen MR) is 92.8 cm³/mol. The first-order chi connectivity index (χ1) is 11.8. The summed E-state index contributed by atoms with van der Waals surface area (Å²) in [5.41, 5.74) is 0.782. The van der Waals surface area contributed by atoms with Gasteiger partial charge in [0.2, 0.25) is 10.0 Å². The summed E-state index contributed by atoms with van der Waals surface area (Å²) in [7, 11) is -3.42. The fraction of sp³-hybridized carbons (Fsp3) is 0.500. The molecule has 4 heterocycles. The van der Waals surface area contributed by atoms with Crippen LogP contribution < -0.4 is 0 Å². The van der Waals surface area contributed by atoms with E-state index in [1.54, 1.807) is 24.0 Å². The summed E-state index contributed by atoms with van der Waals surface area (Å²) in [6, 6.07) is 3.37. The number of sulfonamides is 1. The molecule has 0 saturated carbocycles. The number of rotatable bonds is 3. The highest BCUT2D eigenvalue weighted by atomic mass is 32.2. The van der Waals surface area contributed by atoms with Crippen molar-refractivity contribution < 1.29 is 17.6 Å². The van der Waals surface area contributed by atoms with E-state index in [0.29, 0.717) is 25.4 Å². The number of amides is 1. The van der Waals surface area contributed by atoms with Crippen LogP contribution in [0.2, 0.25) is 0 Å². The summed E-state index contributed by atoms with van der Waals surface area (Å²) in [5.74, 6) is 0.633. The molecule has 1 amide bonds. The second-order valence-corrected chi connectivity index (χ2v) is 9.83. The van der Waals surface area contributed by atoms with Gasteiger partial charge in [-0.1, -0.05) is 0 Å². The largest absolute Gasteiger partial charge is 0.456 e. The Hall–Kier alpha value is -1.71. The normalized spacial score (nSPS) is 25.4. The van der Waals surface area contributed by atoms with Crippen molar-refractivity contribution in [3.63, 3.8) is 0 Å². The average molecular weight is 381 g/mol. The third-order valence-electron chi connectivity index (χ3n) is 4.80. The van der Waals surface area contributed by atoms with Crippen LogP contribution in [0.3, 0.4) is 0 Å². The van der Waals surface area contributed by atoms with Crippen LogP contribution in [0.4, 0.5) is 0 Å². The van der Waals surface area contributed by atoms with E-state index in [2.05, 4.69) is 4.98 Å². The van der Waals surface area contributed by atoms with Gasteiger partial charge < -0.3 is 9.32 Å². The number of aromatic nitrogens is 1. The standard InChI is InChI=1S/C16H19N3O4S2/c1-10-3-4-14(23-10)16(20)18-5-12-6-19(25(21,22)15(12)8-18)7-13-9-24-11(2)17-13/h3-4,9,12,15H,5-8H2,1-2H3. The van der Waals surface area contributed by atoms with E-state index in [1.807, 2.05) is 12.3 Å². The number of carbonyl (C=O) groups is 1. The van der Waals surface area contributed by atoms with E-state index in [9.17, 15) is 13.2 Å². The minimum atomic E-state index is -3.42. The highest BCUT2D eigenvalue weighted by molar-refractivity contribution is 7.90. The molecule has 0 spiro atoms. The topological polar surface area (TPSA) is 83.7 Å². The summed E-state index contributed by atoms with van der Waals surface area (Å²) >= 11 is 1.52. The summed E-state index contributed by atoms with van der Waals surface area (Å²) < 4.78 is 32.6. The number of likely N-dealkylation sites (tertiary alicyclic amines) is 1. The van der Waals surface area contributed by atoms with Crippen molar-refractivity contribution in [2.45, 2.75) is 25.6 Å². The Morgan fingerprint density at radius 3 is 2.72 bits per heavy atom. The molecule has 2 aliphatic heterocycles. The number of aryl methyl sites for hydroxylation is 2. The van der Waals surface area contributed by atoms with E-state index in [-0.39, 0.29) is 24.1 Å². The number of fused-ring (bicyclic) bond motifs is 1. The smallest absolute Gasteiger partial charge is 0.289 e. The van der Waals surface area contributed by atoms with Gasteiger partial charge in [-0.2, -0.15) is 4.31 Å². The number of hydrogen-bond acceptors (Lipinski definition) is 6. The molecular weight excluding hydrogens is 362 g/mol. The molecular formula is C16H19N3O4S2. The Labute approximate surface area is 150 Å². The molecule has 2 fully saturated rings. The number of nitrogens with zero attached hydrogens (tertiary/aromatic N) is 3. The summed E-state index contributed by atoms with van der Waals surface area (Å²) in [6.07, 6.45) is 0. The first-order valence-electron chi connectivity index (χ1n) is 8.10. The van der Waals surface area contributed by atoms with E-state index in [4.69, 9.17) is 4.42 Å². The Morgan fingerprint density at radius 2 is 2.12 bits per heavy atom. The molecule has 2 unspecified atom stereocenters. The van der Waals surface area contributed by atoms with Crippen LogP contribution in [0.25, 0.3) is 0 Å². The predicted octanol–water partition coefficient (Wildman–Crippen LogP) is 1.64. The van der Waals surface area contributed by atoms with E-state index in [1.165, 1.54) is 15.6 Å². The molecule has 2 atom stereocenters. The van der Waals surface area contributed by atoms with Crippen molar-refractivity contribution in [3.8, 4) is 0 Å². The van der Waals surface area contributed by atoms with Crippen LogP contribution in [-0.2, 0) is 16.6 Å². The van der Waals surface area contributed by atoms with Gasteiger partial charge in [-0.25, -0.2) is 13.4 Å². The maximum atomic E-state index is 12.8. The lowest BCUT2D eigenvalue weighted by atomic mass is 10.1. The van der Waals surface area contributed by atoms with Crippen LogP contribution >= 0.6 is 11.3 Å². The van der Waals surface area contributed by atoms with Crippen molar-refractivity contribution in [1.29, 1.82) is 0 Å². The minimum Gasteiger partial charge on any atom is -0.456 e. The molecule has 25 heavy (non-hydrogen) atoms. The van der Waals surface area contributed by atoms with Gasteiger partial charge in [0.1, 0.15) is 5.76 Å². The third kappa shape index (κ3) is 2.90. The van der Waals surface area contributed by atoms with Gasteiger partial charge in [-0.05, 0) is 26.0 Å². The highest BCUT2D eigenvalue weighted by Crippen LogP contribution is 2.35. The van der Waals surface area contributed by atoms with Crippen LogP contribution in [0.15, 0.2) is 21.9 Å². The molecule has 0 radical (unpaired) electrons. The number of furan rings is 1. The fourth-order valence-electron chi connectivity index (χ4n) is 3.60. The zero-order chi connectivity index (χ0) is 17.8. The Balaban J connectivity index is 1.48. The number of carbonyl (C=O) groups excluding carboxylic acids is 1. The van der Waals surface area contributed by atoms with Crippen molar-refractivity contribution in [3.05, 3.63) is 39.7 Å². The van der Waals surface area contributed by atoms with E-state index < -0.39 is 15.3 Å². The molecule has 2 aromatic heterocycles. The average Bonchev–Trinajstić information content (AvgIpc) is 3.29. The Kier molecular flexibility index (Phi) is 3.97. The van der Waals surface area contributed by atoms with Gasteiger partial charge >= 0.3 is 0 Å². The lowest BCUT2D eigenvalue weighted by Crippen LogP contribution is -2.36. The second kappa shape index (κ2) is 5.93. The first-order valence-corrected chi connectivity index (χ1v) is 10.5. The molecule has 9 heteroatoms. The van der Waals surface area contributed by atoms with Gasteiger partial charge in [-0.3, -0.25) is 4.79 Å². The monoisotopic (exact) mass is 381 g/mol. The van der Waals surface area contributed by atoms with Gasteiger partial charge in [0, 0.05) is 30.9 Å². The Bertz CT molecular complexity index is 917. The van der Waals surface area contributed by atoms with Crippen molar-refractivity contribution in [1.82, 2.24) is 14.2 Å². The van der Waals surface area contributed by atoms with E-state index in [0.717, 1.165) is 10.7 Å². The van der Waals surface area contributed by atoms with Crippen LogP contribution in [0.5, 0.6) is 0 Å². The van der Waals surface area contributed by atoms with Gasteiger partial charge in [-0.15, -0.1) is 11.3 Å². The quantitative estimate of drug-likeness (QED) is 0.807. The van der Waals surface area contributed by atoms with Gasteiger partial charge in [0.25, 0.3) is 5.91 Å². The van der Waals surface area contributed by atoms with Crippen LogP contribution in [0.1, 0.15) is 27.0 Å². The lowest BCUT2D eigenvalue weighted by Gasteiger charge is -2.20. The Morgan fingerprint density at radius 1 is 1.32 bits per heavy atom. The van der Waals surface area contributed by atoms with Gasteiger partial charge in [0.05, 0.1) is 22.5 Å². The van der Waals surface area contributed by atoms with Crippen molar-refractivity contribution >= 4 is 27.3 Å². The van der Waals surface area contributed by atoms with Gasteiger partial charge in [0.15, 0.2) is 5.76 Å². The molecule has 2 aromatic rings. The van der Waals surface area contributed by atoms with Crippen molar-refractivity contribution in [2.75, 3.05) is 19.6 Å². The van der Waals surface area contributed by atoms with Crippen molar-refractivity contribution in [2.24, 2.45) is 5.92 Å². The molecule has 0 aliphatic carbocycles. The fourth-order valence-corrected chi connectivity index (χ4v) is 6.32. The highest BCUT2D eigenvalue weighted by Gasteiger charge is 2.52. The minimum absolute atomic E-state index is 0.0651. The number of hydrogen-bond donors (Lipinski definition) is 0. The zero-order valence-corrected chi connectivity index (χ0v) is 15.6. The molecule has 0 aromatic carbocycles. The molecule has 2 saturated heterocycles. The molecule has 4 rings (SSSR count). The summed E-state index contributed by atoms with van der Waals surface area (Å²) in [6.45, 7) is 5.09. The number of thiazole rings is 1. The molecule has 134 valence electrons. The lowest BCUT2D eigenvalue weighted by molar-refractivity contribution is 0.0751. The SMILES string of the molecule is Cc1ccc(C(=O)N2CC3CN(Cc4csc(C)n4)S(=O)(=O)C3C2)o1. The summed E-state index contributed by atoms with van der Waals surface area (Å²) in [4.78, 5) is 18.4. The first kappa shape index (κ1) is 16.7. The molecule has 0 bridgehead atoms. The second-order valence-electron chi connectivity index (χ2n) is 6.61. The maximum Gasteiger partial charge on any atom is 0.289 e. The van der Waals surface area contributed by atoms with E-state index >= 15 is 0 Å².